The van der Waals surface area contributed by atoms with E-state index in [9.17, 15) is 9.90 Å². The van der Waals surface area contributed by atoms with Gasteiger partial charge in [0.2, 0.25) is 5.16 Å². The van der Waals surface area contributed by atoms with Gasteiger partial charge in [0.1, 0.15) is 0 Å². The third-order valence-corrected chi connectivity index (χ3v) is 3.07. The SMILES string of the molecule is CSc1nc2nc(C)c(CC(=O)[O-])c(C)n2n1. The van der Waals surface area contributed by atoms with Crippen LogP contribution in [-0.4, -0.2) is 31.8 Å². The van der Waals surface area contributed by atoms with E-state index in [2.05, 4.69) is 15.1 Å². The molecule has 0 amide bonds. The second-order valence-electron chi connectivity index (χ2n) is 3.62. The van der Waals surface area contributed by atoms with Crippen molar-refractivity contribution in [2.24, 2.45) is 0 Å². The Hall–Kier alpha value is -1.63. The van der Waals surface area contributed by atoms with Gasteiger partial charge < -0.3 is 9.90 Å². The minimum atomic E-state index is -1.12. The van der Waals surface area contributed by atoms with Crippen LogP contribution < -0.4 is 5.11 Å². The van der Waals surface area contributed by atoms with E-state index < -0.39 is 5.97 Å². The summed E-state index contributed by atoms with van der Waals surface area (Å²) < 4.78 is 1.57. The first-order chi connectivity index (χ1) is 8.02. The second-order valence-corrected chi connectivity index (χ2v) is 4.39. The molecule has 0 bridgehead atoms. The van der Waals surface area contributed by atoms with Crippen LogP contribution in [0.15, 0.2) is 5.16 Å². The molecule has 0 spiro atoms. The molecule has 0 radical (unpaired) electrons. The lowest BCUT2D eigenvalue weighted by Crippen LogP contribution is -2.26. The maximum atomic E-state index is 10.7. The summed E-state index contributed by atoms with van der Waals surface area (Å²) in [5.74, 6) is -0.631. The number of nitrogens with zero attached hydrogens (tertiary/aromatic N) is 4. The zero-order chi connectivity index (χ0) is 12.6. The van der Waals surface area contributed by atoms with Crippen molar-refractivity contribution >= 4 is 23.5 Å². The van der Waals surface area contributed by atoms with E-state index >= 15 is 0 Å². The van der Waals surface area contributed by atoms with Gasteiger partial charge in [-0.3, -0.25) is 0 Å². The van der Waals surface area contributed by atoms with Crippen LogP contribution in [0.3, 0.4) is 0 Å². The van der Waals surface area contributed by atoms with Gasteiger partial charge in [-0.1, -0.05) is 11.8 Å². The number of carboxylic acid groups (broad SMARTS) is 1. The van der Waals surface area contributed by atoms with E-state index in [1.54, 1.807) is 18.4 Å². The Bertz CT molecular complexity index is 593. The van der Waals surface area contributed by atoms with E-state index in [0.29, 0.717) is 22.2 Å². The molecule has 0 aromatic carbocycles. The highest BCUT2D eigenvalue weighted by Crippen LogP contribution is 2.16. The van der Waals surface area contributed by atoms with Crippen molar-refractivity contribution in [3.05, 3.63) is 17.0 Å². The molecular weight excluding hydrogens is 240 g/mol. The Balaban J connectivity index is 2.65. The van der Waals surface area contributed by atoms with Crippen molar-refractivity contribution in [1.29, 1.82) is 0 Å². The monoisotopic (exact) mass is 251 g/mol. The van der Waals surface area contributed by atoms with Crippen molar-refractivity contribution in [2.45, 2.75) is 25.4 Å². The molecule has 0 unspecified atom stereocenters. The van der Waals surface area contributed by atoms with Gasteiger partial charge in [0, 0.05) is 29.3 Å². The number of fused-ring (bicyclic) bond motifs is 1. The van der Waals surface area contributed by atoms with Gasteiger partial charge in [0.15, 0.2) is 0 Å². The highest BCUT2D eigenvalue weighted by atomic mass is 32.2. The zero-order valence-electron chi connectivity index (χ0n) is 9.72. The molecule has 0 aliphatic carbocycles. The van der Waals surface area contributed by atoms with Crippen molar-refractivity contribution in [2.75, 3.05) is 6.26 Å². The normalized spacial score (nSPS) is 11.0. The molecule has 2 aromatic rings. The average molecular weight is 251 g/mol. The van der Waals surface area contributed by atoms with E-state index in [4.69, 9.17) is 0 Å². The molecule has 2 aromatic heterocycles. The average Bonchev–Trinajstić information content (AvgIpc) is 2.67. The second kappa shape index (κ2) is 4.33. The van der Waals surface area contributed by atoms with Crippen LogP contribution in [-0.2, 0) is 11.2 Å². The largest absolute Gasteiger partial charge is 0.550 e. The summed E-state index contributed by atoms with van der Waals surface area (Å²) in [6, 6.07) is 0. The van der Waals surface area contributed by atoms with Gasteiger partial charge in [-0.25, -0.2) is 9.50 Å². The van der Waals surface area contributed by atoms with E-state index in [1.807, 2.05) is 6.26 Å². The number of hydrogen-bond donors (Lipinski definition) is 0. The van der Waals surface area contributed by atoms with Crippen molar-refractivity contribution < 1.29 is 9.90 Å². The fourth-order valence-corrected chi connectivity index (χ4v) is 2.01. The third kappa shape index (κ3) is 2.10. The number of aromatic nitrogens is 4. The number of aliphatic carboxylic acids is 1. The third-order valence-electron chi connectivity index (χ3n) is 2.53. The minimum absolute atomic E-state index is 0.158. The summed E-state index contributed by atoms with van der Waals surface area (Å²) in [7, 11) is 0. The Morgan fingerprint density at radius 2 is 2.12 bits per heavy atom. The van der Waals surface area contributed by atoms with Crippen LogP contribution in [0.4, 0.5) is 0 Å². The fourth-order valence-electron chi connectivity index (χ4n) is 1.68. The number of thioether (sulfide) groups is 1. The number of rotatable bonds is 3. The summed E-state index contributed by atoms with van der Waals surface area (Å²) in [6.45, 7) is 3.57. The summed E-state index contributed by atoms with van der Waals surface area (Å²) in [5.41, 5.74) is 2.03. The molecule has 17 heavy (non-hydrogen) atoms. The molecule has 0 saturated carbocycles. The van der Waals surface area contributed by atoms with Gasteiger partial charge in [-0.05, 0) is 20.1 Å². The molecule has 2 heterocycles. The highest BCUT2D eigenvalue weighted by molar-refractivity contribution is 7.98. The van der Waals surface area contributed by atoms with E-state index in [0.717, 1.165) is 5.69 Å². The predicted octanol–water partition coefficient (Wildman–Crippen LogP) is -0.245. The van der Waals surface area contributed by atoms with Crippen molar-refractivity contribution in [1.82, 2.24) is 19.6 Å². The summed E-state index contributed by atoms with van der Waals surface area (Å²) >= 11 is 1.42. The smallest absolute Gasteiger partial charge is 0.253 e. The lowest BCUT2D eigenvalue weighted by Gasteiger charge is -2.10. The lowest BCUT2D eigenvalue weighted by atomic mass is 10.1. The van der Waals surface area contributed by atoms with Crippen LogP contribution in [0.1, 0.15) is 17.0 Å². The Morgan fingerprint density at radius 3 is 2.71 bits per heavy atom. The van der Waals surface area contributed by atoms with Crippen molar-refractivity contribution in [3.63, 3.8) is 0 Å². The molecule has 2 rings (SSSR count). The number of carbonyl (C=O) groups is 1. The molecule has 0 atom stereocenters. The molecule has 0 N–H and O–H groups in total. The zero-order valence-corrected chi connectivity index (χ0v) is 10.5. The molecule has 6 nitrogen and oxygen atoms in total. The van der Waals surface area contributed by atoms with Crippen LogP contribution in [0.2, 0.25) is 0 Å². The first-order valence-electron chi connectivity index (χ1n) is 4.99. The molecule has 0 aliphatic heterocycles. The highest BCUT2D eigenvalue weighted by Gasteiger charge is 2.12. The standard InChI is InChI=1S/C10H12N4O2S/c1-5-7(4-8(15)16)6(2)14-9(11-5)12-10(13-14)17-3/h4H2,1-3H3,(H,15,16)/p-1. The molecule has 7 heteroatoms. The molecule has 0 saturated heterocycles. The number of hydrogen-bond acceptors (Lipinski definition) is 6. The Kier molecular flexibility index (Phi) is 3.01. The molecular formula is C10H11N4O2S-. The van der Waals surface area contributed by atoms with E-state index in [1.165, 1.54) is 11.8 Å². The Morgan fingerprint density at radius 1 is 1.41 bits per heavy atom. The number of carboxylic acids is 1. The molecule has 0 fully saturated rings. The van der Waals surface area contributed by atoms with Gasteiger partial charge in [-0.2, -0.15) is 4.98 Å². The van der Waals surface area contributed by atoms with E-state index in [-0.39, 0.29) is 6.42 Å². The molecule has 0 aliphatic rings. The first-order valence-corrected chi connectivity index (χ1v) is 6.22. The topological polar surface area (TPSA) is 83.2 Å². The number of aryl methyl sites for hydroxylation is 2. The predicted molar refractivity (Wildman–Crippen MR) is 60.7 cm³/mol. The van der Waals surface area contributed by atoms with Gasteiger partial charge in [-0.15, -0.1) is 5.10 Å². The van der Waals surface area contributed by atoms with Gasteiger partial charge in [0.05, 0.1) is 0 Å². The van der Waals surface area contributed by atoms with Crippen LogP contribution in [0, 0.1) is 13.8 Å². The first kappa shape index (κ1) is 11.8. The number of carbonyl (C=O) groups excluding carboxylic acids is 1. The fraction of sp³-hybridized carbons (Fsp3) is 0.400. The van der Waals surface area contributed by atoms with Gasteiger partial charge in [0.25, 0.3) is 5.78 Å². The van der Waals surface area contributed by atoms with Crippen molar-refractivity contribution in [3.8, 4) is 0 Å². The van der Waals surface area contributed by atoms with Crippen LogP contribution in [0.25, 0.3) is 5.78 Å². The maximum absolute atomic E-state index is 10.7. The summed E-state index contributed by atoms with van der Waals surface area (Å²) in [4.78, 5) is 19.1. The lowest BCUT2D eigenvalue weighted by molar-refractivity contribution is -0.304. The summed E-state index contributed by atoms with van der Waals surface area (Å²) in [5, 5.41) is 15.5. The minimum Gasteiger partial charge on any atom is -0.550 e. The molecule has 90 valence electrons. The maximum Gasteiger partial charge on any atom is 0.253 e. The summed E-state index contributed by atoms with van der Waals surface area (Å²) in [6.07, 6.45) is 1.72. The van der Waals surface area contributed by atoms with Crippen LogP contribution >= 0.6 is 11.8 Å². The quantitative estimate of drug-likeness (QED) is 0.700. The van der Waals surface area contributed by atoms with Gasteiger partial charge >= 0.3 is 0 Å². The Labute approximate surface area is 102 Å². The van der Waals surface area contributed by atoms with Crippen LogP contribution in [0.5, 0.6) is 0 Å².